The first-order chi connectivity index (χ1) is 17.3. The first-order valence-corrected chi connectivity index (χ1v) is 11.2. The Morgan fingerprint density at radius 3 is 2.28 bits per heavy atom. The van der Waals surface area contributed by atoms with Crippen LogP contribution < -0.4 is 15.4 Å². The number of aryl methyl sites for hydroxylation is 2. The Morgan fingerprint density at radius 2 is 1.61 bits per heavy atom. The molecule has 0 atom stereocenters. The molecule has 9 nitrogen and oxygen atoms in total. The molecular weight excluding hydrogens is 462 g/mol. The van der Waals surface area contributed by atoms with Crippen LogP contribution in [0.25, 0.3) is 10.8 Å². The Hall–Kier alpha value is -4.66. The molecule has 4 aromatic rings. The van der Waals surface area contributed by atoms with Gasteiger partial charge in [0.25, 0.3) is 5.91 Å². The summed E-state index contributed by atoms with van der Waals surface area (Å²) < 4.78 is 16.5. The topological polar surface area (TPSA) is 120 Å². The van der Waals surface area contributed by atoms with Crippen LogP contribution in [0, 0.1) is 13.8 Å². The summed E-state index contributed by atoms with van der Waals surface area (Å²) in [5, 5.41) is 10.9. The number of benzene rings is 3. The van der Waals surface area contributed by atoms with Gasteiger partial charge >= 0.3 is 5.97 Å². The fraction of sp³-hybridized carbons (Fsp3) is 0.185. The normalized spacial score (nSPS) is 10.6. The van der Waals surface area contributed by atoms with E-state index >= 15 is 0 Å². The van der Waals surface area contributed by atoms with Crippen LogP contribution in [-0.4, -0.2) is 29.5 Å². The van der Waals surface area contributed by atoms with E-state index in [-0.39, 0.29) is 18.1 Å². The quantitative estimate of drug-likeness (QED) is 0.343. The van der Waals surface area contributed by atoms with Gasteiger partial charge in [0, 0.05) is 18.3 Å². The number of ether oxygens (including phenoxy) is 2. The maximum Gasteiger partial charge on any atom is 0.342 e. The molecule has 1 heterocycles. The maximum atomic E-state index is 13.0. The lowest BCUT2D eigenvalue weighted by Gasteiger charge is -2.13. The lowest BCUT2D eigenvalue weighted by atomic mass is 10.1. The molecule has 0 aliphatic heterocycles. The van der Waals surface area contributed by atoms with Gasteiger partial charge < -0.3 is 24.6 Å². The van der Waals surface area contributed by atoms with Crippen molar-refractivity contribution in [3.8, 4) is 5.75 Å². The van der Waals surface area contributed by atoms with Gasteiger partial charge in [-0.3, -0.25) is 9.59 Å². The molecule has 2 amide bonds. The zero-order chi connectivity index (χ0) is 25.7. The monoisotopic (exact) mass is 487 g/mol. The molecule has 1 aromatic heterocycles. The SMILES string of the molecule is CC(=O)Nc1cccc(NC(=O)COC(=O)c2cc3ccccc3cc2OCc2c(C)noc2C)c1. The highest BCUT2D eigenvalue weighted by Crippen LogP contribution is 2.28. The van der Waals surface area contributed by atoms with Gasteiger partial charge in [0.15, 0.2) is 6.61 Å². The van der Waals surface area contributed by atoms with Gasteiger partial charge in [-0.2, -0.15) is 0 Å². The predicted molar refractivity (Wildman–Crippen MR) is 134 cm³/mol. The van der Waals surface area contributed by atoms with Crippen LogP contribution in [-0.2, 0) is 20.9 Å². The van der Waals surface area contributed by atoms with Crippen molar-refractivity contribution < 1.29 is 28.4 Å². The number of rotatable bonds is 8. The molecule has 0 saturated heterocycles. The molecule has 0 bridgehead atoms. The lowest BCUT2D eigenvalue weighted by molar-refractivity contribution is -0.119. The van der Waals surface area contributed by atoms with Gasteiger partial charge in [-0.25, -0.2) is 4.79 Å². The van der Waals surface area contributed by atoms with Gasteiger partial charge in [-0.05, 0) is 55.0 Å². The number of esters is 1. The van der Waals surface area contributed by atoms with E-state index in [1.165, 1.54) is 6.92 Å². The Kier molecular flexibility index (Phi) is 7.29. The van der Waals surface area contributed by atoms with E-state index < -0.39 is 18.5 Å². The number of hydrogen-bond donors (Lipinski definition) is 2. The van der Waals surface area contributed by atoms with Gasteiger partial charge in [-0.1, -0.05) is 35.5 Å². The van der Waals surface area contributed by atoms with Crippen LogP contribution in [0.1, 0.15) is 34.3 Å². The lowest BCUT2D eigenvalue weighted by Crippen LogP contribution is -2.21. The number of anilines is 2. The third kappa shape index (κ3) is 5.87. The number of aromatic nitrogens is 1. The number of hydrogen-bond acceptors (Lipinski definition) is 7. The van der Waals surface area contributed by atoms with Crippen molar-refractivity contribution in [2.24, 2.45) is 0 Å². The van der Waals surface area contributed by atoms with Crippen molar-refractivity contribution in [3.05, 3.63) is 83.2 Å². The molecule has 4 rings (SSSR count). The van der Waals surface area contributed by atoms with E-state index in [0.717, 1.165) is 16.3 Å². The van der Waals surface area contributed by atoms with Crippen LogP contribution in [0.5, 0.6) is 5.75 Å². The zero-order valence-corrected chi connectivity index (χ0v) is 20.1. The summed E-state index contributed by atoms with van der Waals surface area (Å²) in [6.07, 6.45) is 0. The van der Waals surface area contributed by atoms with E-state index in [1.54, 1.807) is 43.3 Å². The van der Waals surface area contributed by atoms with E-state index in [0.29, 0.717) is 28.6 Å². The molecule has 9 heteroatoms. The highest BCUT2D eigenvalue weighted by atomic mass is 16.5. The third-order valence-corrected chi connectivity index (χ3v) is 5.42. The van der Waals surface area contributed by atoms with Crippen molar-refractivity contribution in [2.45, 2.75) is 27.4 Å². The van der Waals surface area contributed by atoms with Crippen LogP contribution in [0.15, 0.2) is 65.2 Å². The van der Waals surface area contributed by atoms with Crippen LogP contribution in [0.4, 0.5) is 11.4 Å². The number of nitrogens with zero attached hydrogens (tertiary/aromatic N) is 1. The molecule has 184 valence electrons. The molecule has 3 aromatic carbocycles. The summed E-state index contributed by atoms with van der Waals surface area (Å²) in [6.45, 7) is 4.65. The number of fused-ring (bicyclic) bond motifs is 1. The Labute approximate surface area is 207 Å². The van der Waals surface area contributed by atoms with Crippen LogP contribution in [0.2, 0.25) is 0 Å². The minimum absolute atomic E-state index is 0.158. The highest BCUT2D eigenvalue weighted by Gasteiger charge is 2.19. The molecule has 0 fully saturated rings. The summed E-state index contributed by atoms with van der Waals surface area (Å²) in [7, 11) is 0. The average molecular weight is 488 g/mol. The van der Waals surface area contributed by atoms with Crippen LogP contribution in [0.3, 0.4) is 0 Å². The maximum absolute atomic E-state index is 13.0. The van der Waals surface area contributed by atoms with Crippen LogP contribution >= 0.6 is 0 Å². The average Bonchev–Trinajstić information content (AvgIpc) is 3.17. The molecular formula is C27H25N3O6. The molecule has 0 spiro atoms. The molecule has 36 heavy (non-hydrogen) atoms. The predicted octanol–water partition coefficient (Wildman–Crippen LogP) is 4.78. The fourth-order valence-corrected chi connectivity index (χ4v) is 3.64. The van der Waals surface area contributed by atoms with Gasteiger partial charge in [-0.15, -0.1) is 0 Å². The summed E-state index contributed by atoms with van der Waals surface area (Å²) in [5.41, 5.74) is 2.69. The van der Waals surface area contributed by atoms with Crippen molar-refractivity contribution in [1.82, 2.24) is 5.16 Å². The van der Waals surface area contributed by atoms with Crippen molar-refractivity contribution >= 4 is 39.9 Å². The standard InChI is InChI=1S/C27H25N3O6/c1-16-24(17(2)36-30-16)14-34-25-12-20-8-5-4-7-19(20)11-23(25)27(33)35-15-26(32)29-22-10-6-9-21(13-22)28-18(3)31/h4-13H,14-15H2,1-3H3,(H,28,31)(H,29,32). The zero-order valence-electron chi connectivity index (χ0n) is 20.1. The summed E-state index contributed by atoms with van der Waals surface area (Å²) in [4.78, 5) is 36.6. The van der Waals surface area contributed by atoms with E-state index in [4.69, 9.17) is 14.0 Å². The number of carbonyl (C=O) groups is 3. The molecule has 0 saturated carbocycles. The largest absolute Gasteiger partial charge is 0.488 e. The van der Waals surface area contributed by atoms with Gasteiger partial charge in [0.1, 0.15) is 23.7 Å². The smallest absolute Gasteiger partial charge is 0.342 e. The molecule has 0 aliphatic carbocycles. The Morgan fingerprint density at radius 1 is 0.917 bits per heavy atom. The third-order valence-electron chi connectivity index (χ3n) is 5.42. The number of nitrogens with one attached hydrogen (secondary N) is 2. The first kappa shape index (κ1) is 24.5. The van der Waals surface area contributed by atoms with Gasteiger partial charge in [0.2, 0.25) is 5.91 Å². The van der Waals surface area contributed by atoms with Crippen molar-refractivity contribution in [1.29, 1.82) is 0 Å². The Balaban J connectivity index is 1.47. The second-order valence-corrected chi connectivity index (χ2v) is 8.17. The second-order valence-electron chi connectivity index (χ2n) is 8.17. The molecule has 0 aliphatic rings. The Bertz CT molecular complexity index is 1420. The minimum atomic E-state index is -0.698. The number of carbonyl (C=O) groups excluding carboxylic acids is 3. The summed E-state index contributed by atoms with van der Waals surface area (Å²) in [5.74, 6) is -0.493. The molecule has 0 unspecified atom stereocenters. The van der Waals surface area contributed by atoms with E-state index in [2.05, 4.69) is 15.8 Å². The van der Waals surface area contributed by atoms with Crippen molar-refractivity contribution in [3.63, 3.8) is 0 Å². The minimum Gasteiger partial charge on any atom is -0.488 e. The summed E-state index contributed by atoms with van der Waals surface area (Å²) in [6, 6.07) is 17.6. The van der Waals surface area contributed by atoms with E-state index in [1.807, 2.05) is 31.2 Å². The van der Waals surface area contributed by atoms with Gasteiger partial charge in [0.05, 0.1) is 11.3 Å². The highest BCUT2D eigenvalue weighted by molar-refractivity contribution is 6.00. The number of amides is 2. The van der Waals surface area contributed by atoms with Crippen molar-refractivity contribution in [2.75, 3.05) is 17.2 Å². The first-order valence-electron chi connectivity index (χ1n) is 11.2. The molecule has 2 N–H and O–H groups in total. The van der Waals surface area contributed by atoms with E-state index in [9.17, 15) is 14.4 Å². The summed E-state index contributed by atoms with van der Waals surface area (Å²) >= 11 is 0. The second kappa shape index (κ2) is 10.7. The molecule has 0 radical (unpaired) electrons. The fourth-order valence-electron chi connectivity index (χ4n) is 3.64.